The molecule has 3 aromatic rings. The number of hydrogen-bond acceptors (Lipinski definition) is 3. The van der Waals surface area contributed by atoms with Crippen LogP contribution >= 0.6 is 0 Å². The van der Waals surface area contributed by atoms with E-state index in [-0.39, 0.29) is 11.8 Å². The molecule has 132 valence electrons. The van der Waals surface area contributed by atoms with Crippen LogP contribution in [0.2, 0.25) is 0 Å². The van der Waals surface area contributed by atoms with Gasteiger partial charge < -0.3 is 19.9 Å². The predicted octanol–water partition coefficient (Wildman–Crippen LogP) is 3.09. The minimum absolute atomic E-state index is 0.0181. The molecule has 1 unspecified atom stereocenters. The third kappa shape index (κ3) is 2.69. The van der Waals surface area contributed by atoms with Crippen LogP contribution in [0.25, 0.3) is 10.9 Å². The molecule has 2 amide bonds. The second-order valence-corrected chi connectivity index (χ2v) is 6.22. The molecule has 1 atom stereocenters. The smallest absolute Gasteiger partial charge is 0.252 e. The maximum absolute atomic E-state index is 13.1. The van der Waals surface area contributed by atoms with Crippen LogP contribution in [0.1, 0.15) is 18.0 Å². The number of nitrogens with one attached hydrogen (secondary N) is 2. The molecule has 0 bridgehead atoms. The Morgan fingerprint density at radius 1 is 1.19 bits per heavy atom. The van der Waals surface area contributed by atoms with E-state index in [1.807, 2.05) is 42.6 Å². The van der Waals surface area contributed by atoms with Crippen molar-refractivity contribution in [1.29, 1.82) is 0 Å². The lowest BCUT2D eigenvalue weighted by molar-refractivity contribution is -0.147. The number of aromatic nitrogens is 1. The summed E-state index contributed by atoms with van der Waals surface area (Å²) >= 11 is 0. The van der Waals surface area contributed by atoms with Crippen LogP contribution in [0.4, 0.5) is 5.69 Å². The number of fused-ring (bicyclic) bond motifs is 1. The lowest BCUT2D eigenvalue weighted by Crippen LogP contribution is -2.49. The van der Waals surface area contributed by atoms with E-state index in [0.29, 0.717) is 24.4 Å². The van der Waals surface area contributed by atoms with Crippen molar-refractivity contribution in [3.8, 4) is 5.75 Å². The van der Waals surface area contributed by atoms with Gasteiger partial charge in [0.1, 0.15) is 11.8 Å². The summed E-state index contributed by atoms with van der Waals surface area (Å²) in [4.78, 5) is 30.0. The fourth-order valence-electron chi connectivity index (χ4n) is 3.33. The van der Waals surface area contributed by atoms with Crippen molar-refractivity contribution < 1.29 is 14.3 Å². The molecule has 26 heavy (non-hydrogen) atoms. The highest BCUT2D eigenvalue weighted by molar-refractivity contribution is 6.02. The van der Waals surface area contributed by atoms with E-state index in [1.165, 1.54) is 0 Å². The molecule has 1 aliphatic rings. The number of nitrogens with zero attached hydrogens (tertiary/aromatic N) is 1. The van der Waals surface area contributed by atoms with Gasteiger partial charge in [0.05, 0.1) is 12.8 Å². The molecule has 1 saturated heterocycles. The SMILES string of the molecule is COc1ccccc1NC(=O)C(c1c[nH]c2ccccc12)N1CCC1=O. The number of likely N-dealkylation sites (tertiary alicyclic amines) is 1. The highest BCUT2D eigenvalue weighted by Gasteiger charge is 2.38. The van der Waals surface area contributed by atoms with Gasteiger partial charge in [0, 0.05) is 35.6 Å². The van der Waals surface area contributed by atoms with Gasteiger partial charge in [-0.05, 0) is 18.2 Å². The van der Waals surface area contributed by atoms with Gasteiger partial charge in [-0.2, -0.15) is 0 Å². The monoisotopic (exact) mass is 349 g/mol. The number of ether oxygens (including phenoxy) is 1. The summed E-state index contributed by atoms with van der Waals surface area (Å²) in [6, 6.07) is 14.3. The van der Waals surface area contributed by atoms with Gasteiger partial charge in [-0.15, -0.1) is 0 Å². The number of hydrogen-bond donors (Lipinski definition) is 2. The molecule has 2 N–H and O–H groups in total. The second-order valence-electron chi connectivity index (χ2n) is 6.22. The Morgan fingerprint density at radius 3 is 2.69 bits per heavy atom. The van der Waals surface area contributed by atoms with Gasteiger partial charge in [-0.25, -0.2) is 0 Å². The molecular weight excluding hydrogens is 330 g/mol. The molecule has 1 aliphatic heterocycles. The number of β-lactam (4-membered cyclic amide) rings is 1. The van der Waals surface area contributed by atoms with Crippen LogP contribution in [-0.2, 0) is 9.59 Å². The van der Waals surface area contributed by atoms with Crippen LogP contribution in [0.15, 0.2) is 54.7 Å². The summed E-state index contributed by atoms with van der Waals surface area (Å²) in [5.74, 6) is 0.302. The van der Waals surface area contributed by atoms with Crippen molar-refractivity contribution in [2.45, 2.75) is 12.5 Å². The zero-order valence-electron chi connectivity index (χ0n) is 14.4. The van der Waals surface area contributed by atoms with Crippen LogP contribution in [0.3, 0.4) is 0 Å². The van der Waals surface area contributed by atoms with Crippen molar-refractivity contribution in [2.75, 3.05) is 19.0 Å². The third-order valence-electron chi connectivity index (χ3n) is 4.73. The Balaban J connectivity index is 1.72. The number of rotatable bonds is 5. The van der Waals surface area contributed by atoms with E-state index in [4.69, 9.17) is 4.74 Å². The Kier molecular flexibility index (Phi) is 4.08. The third-order valence-corrected chi connectivity index (χ3v) is 4.73. The summed E-state index contributed by atoms with van der Waals surface area (Å²) in [6.07, 6.45) is 2.28. The van der Waals surface area contributed by atoms with E-state index in [0.717, 1.165) is 16.5 Å². The molecule has 2 heterocycles. The standard InChI is InChI=1S/C20H19N3O3/c1-26-17-9-5-4-8-16(17)22-20(25)19(23-11-10-18(23)24)14-12-21-15-7-3-2-6-13(14)15/h2-9,12,19,21H,10-11H2,1H3,(H,22,25). The first-order valence-corrected chi connectivity index (χ1v) is 8.48. The van der Waals surface area contributed by atoms with E-state index in [9.17, 15) is 9.59 Å². The number of para-hydroxylation sites is 3. The Hall–Kier alpha value is -3.28. The zero-order chi connectivity index (χ0) is 18.1. The van der Waals surface area contributed by atoms with Crippen molar-refractivity contribution in [1.82, 2.24) is 9.88 Å². The van der Waals surface area contributed by atoms with Crippen LogP contribution < -0.4 is 10.1 Å². The van der Waals surface area contributed by atoms with Crippen LogP contribution in [0, 0.1) is 0 Å². The first-order chi connectivity index (χ1) is 12.7. The molecule has 0 radical (unpaired) electrons. The number of methoxy groups -OCH3 is 1. The predicted molar refractivity (Wildman–Crippen MR) is 99.0 cm³/mol. The van der Waals surface area contributed by atoms with Gasteiger partial charge in [0.15, 0.2) is 0 Å². The lowest BCUT2D eigenvalue weighted by atomic mass is 9.99. The second kappa shape index (κ2) is 6.55. The number of H-pyrrole nitrogens is 1. The Bertz CT molecular complexity index is 979. The molecule has 6 heteroatoms. The normalized spacial score (nSPS) is 14.8. The summed E-state index contributed by atoms with van der Waals surface area (Å²) in [7, 11) is 1.56. The quantitative estimate of drug-likeness (QED) is 0.695. The molecule has 0 spiro atoms. The Labute approximate surface area is 150 Å². The van der Waals surface area contributed by atoms with Gasteiger partial charge in [0.2, 0.25) is 5.91 Å². The average Bonchev–Trinajstić information content (AvgIpc) is 3.08. The maximum atomic E-state index is 13.1. The van der Waals surface area contributed by atoms with Crippen molar-refractivity contribution >= 4 is 28.4 Å². The molecule has 4 rings (SSSR count). The first-order valence-electron chi connectivity index (χ1n) is 8.48. The molecule has 6 nitrogen and oxygen atoms in total. The first kappa shape index (κ1) is 16.2. The number of amides is 2. The number of anilines is 1. The number of benzene rings is 2. The Morgan fingerprint density at radius 2 is 1.96 bits per heavy atom. The fraction of sp³-hybridized carbons (Fsp3) is 0.200. The molecule has 0 saturated carbocycles. The topological polar surface area (TPSA) is 74.4 Å². The summed E-state index contributed by atoms with van der Waals surface area (Å²) < 4.78 is 5.31. The van der Waals surface area contributed by atoms with Gasteiger partial charge >= 0.3 is 0 Å². The molecular formula is C20H19N3O3. The minimum Gasteiger partial charge on any atom is -0.495 e. The van der Waals surface area contributed by atoms with Crippen LogP contribution in [-0.4, -0.2) is 35.4 Å². The average molecular weight is 349 g/mol. The highest BCUT2D eigenvalue weighted by Crippen LogP contribution is 2.34. The van der Waals surface area contributed by atoms with E-state index in [1.54, 1.807) is 24.1 Å². The van der Waals surface area contributed by atoms with E-state index in [2.05, 4.69) is 10.3 Å². The molecule has 0 aliphatic carbocycles. The van der Waals surface area contributed by atoms with Gasteiger partial charge in [-0.3, -0.25) is 9.59 Å². The highest BCUT2D eigenvalue weighted by atomic mass is 16.5. The zero-order valence-corrected chi connectivity index (χ0v) is 14.4. The minimum atomic E-state index is -0.683. The van der Waals surface area contributed by atoms with Gasteiger partial charge in [-0.1, -0.05) is 30.3 Å². The van der Waals surface area contributed by atoms with Crippen molar-refractivity contribution in [3.05, 3.63) is 60.3 Å². The van der Waals surface area contributed by atoms with Gasteiger partial charge in [0.25, 0.3) is 5.91 Å². The number of aromatic amines is 1. The van der Waals surface area contributed by atoms with Crippen molar-refractivity contribution in [3.63, 3.8) is 0 Å². The molecule has 2 aromatic carbocycles. The van der Waals surface area contributed by atoms with Crippen LogP contribution in [0.5, 0.6) is 5.75 Å². The summed E-state index contributed by atoms with van der Waals surface area (Å²) in [5.41, 5.74) is 2.31. The van der Waals surface area contributed by atoms with E-state index >= 15 is 0 Å². The lowest BCUT2D eigenvalue weighted by Gasteiger charge is -2.37. The molecule has 1 aromatic heterocycles. The molecule has 1 fully saturated rings. The van der Waals surface area contributed by atoms with E-state index < -0.39 is 6.04 Å². The number of carbonyl (C=O) groups is 2. The largest absolute Gasteiger partial charge is 0.495 e. The maximum Gasteiger partial charge on any atom is 0.252 e. The number of carbonyl (C=O) groups excluding carboxylic acids is 2. The summed E-state index contributed by atoms with van der Waals surface area (Å²) in [6.45, 7) is 0.572. The van der Waals surface area contributed by atoms with Crippen molar-refractivity contribution in [2.24, 2.45) is 0 Å². The fourth-order valence-corrected chi connectivity index (χ4v) is 3.33. The summed E-state index contributed by atoms with van der Waals surface area (Å²) in [5, 5.41) is 3.85.